The Kier molecular flexibility index (Phi) is 7.63. The van der Waals surface area contributed by atoms with Crippen LogP contribution in [0.4, 0.5) is 0 Å². The van der Waals surface area contributed by atoms with E-state index in [2.05, 4.69) is 100 Å². The predicted molar refractivity (Wildman–Crippen MR) is 116 cm³/mol. The van der Waals surface area contributed by atoms with Crippen LogP contribution in [0.1, 0.15) is 40.5 Å². The lowest BCUT2D eigenvalue weighted by atomic mass is 10.2. The first-order valence-corrected chi connectivity index (χ1v) is 11.8. The van der Waals surface area contributed by atoms with Crippen LogP contribution < -0.4 is 10.4 Å². The minimum absolute atomic E-state index is 0.0654. The Balaban J connectivity index is 2.29. The number of nitrogens with zero attached hydrogens (tertiary/aromatic N) is 1. The summed E-state index contributed by atoms with van der Waals surface area (Å²) >= 11 is 0. The summed E-state index contributed by atoms with van der Waals surface area (Å²) in [7, 11) is -0.165. The molecule has 0 spiro atoms. The van der Waals surface area contributed by atoms with Crippen LogP contribution in [0.5, 0.6) is 0 Å². The van der Waals surface area contributed by atoms with Gasteiger partial charge >= 0.3 is 0 Å². The molecule has 0 aromatic heterocycles. The largest absolute Gasteiger partial charge is 0.407 e. The Hall–Kier alpha value is -1.42. The Labute approximate surface area is 161 Å². The lowest BCUT2D eigenvalue weighted by Gasteiger charge is -2.43. The van der Waals surface area contributed by atoms with Gasteiger partial charge in [-0.25, -0.2) is 0 Å². The first-order valence-electron chi connectivity index (χ1n) is 9.85. The predicted octanol–water partition coefficient (Wildman–Crippen LogP) is 4.29. The molecule has 0 fully saturated rings. The molecule has 0 unspecified atom stereocenters. The van der Waals surface area contributed by atoms with Gasteiger partial charge in [0.15, 0.2) is 0 Å². The smallest absolute Gasteiger partial charge is 0.261 e. The van der Waals surface area contributed by atoms with E-state index in [-0.39, 0.29) is 5.04 Å². The molecule has 0 N–H and O–H groups in total. The number of benzene rings is 2. The van der Waals surface area contributed by atoms with Gasteiger partial charge in [0.25, 0.3) is 8.32 Å². The van der Waals surface area contributed by atoms with Crippen LogP contribution in [0.2, 0.25) is 5.04 Å². The van der Waals surface area contributed by atoms with E-state index < -0.39 is 8.32 Å². The molecule has 0 saturated carbocycles. The summed E-state index contributed by atoms with van der Waals surface area (Å²) in [6.07, 6.45) is 2.29. The minimum atomic E-state index is -2.35. The Morgan fingerprint density at radius 3 is 1.77 bits per heavy atom. The van der Waals surface area contributed by atoms with Gasteiger partial charge in [-0.05, 0) is 48.4 Å². The molecule has 0 atom stereocenters. The summed E-state index contributed by atoms with van der Waals surface area (Å²) in [5, 5.41) is 2.80. The second kappa shape index (κ2) is 9.49. The molecule has 0 amide bonds. The molecule has 26 heavy (non-hydrogen) atoms. The summed E-state index contributed by atoms with van der Waals surface area (Å²) < 4.78 is 6.90. The van der Waals surface area contributed by atoms with Crippen molar-refractivity contribution in [3.05, 3.63) is 60.7 Å². The fourth-order valence-electron chi connectivity index (χ4n) is 3.63. The van der Waals surface area contributed by atoms with Gasteiger partial charge in [0.2, 0.25) is 0 Å². The molecule has 142 valence electrons. The van der Waals surface area contributed by atoms with Gasteiger partial charge in [-0.3, -0.25) is 0 Å². The second-order valence-electron chi connectivity index (χ2n) is 8.11. The van der Waals surface area contributed by atoms with Crippen LogP contribution >= 0.6 is 0 Å². The van der Waals surface area contributed by atoms with Crippen molar-refractivity contribution in [3.63, 3.8) is 0 Å². The summed E-state index contributed by atoms with van der Waals surface area (Å²) in [6.45, 7) is 12.3. The lowest BCUT2D eigenvalue weighted by molar-refractivity contribution is 0.271. The molecule has 0 aliphatic heterocycles. The highest BCUT2D eigenvalue weighted by Crippen LogP contribution is 2.36. The van der Waals surface area contributed by atoms with Gasteiger partial charge in [0.05, 0.1) is 0 Å². The topological polar surface area (TPSA) is 12.5 Å². The molecule has 0 bridgehead atoms. The summed E-state index contributed by atoms with van der Waals surface area (Å²) in [5.41, 5.74) is 0. The van der Waals surface area contributed by atoms with Crippen LogP contribution in [-0.4, -0.2) is 40.0 Å². The van der Waals surface area contributed by atoms with Crippen molar-refractivity contribution in [1.82, 2.24) is 4.90 Å². The third-order valence-corrected chi connectivity index (χ3v) is 10.3. The molecule has 0 radical (unpaired) electrons. The van der Waals surface area contributed by atoms with Crippen LogP contribution in [0.25, 0.3) is 0 Å². The number of hydrogen-bond donors (Lipinski definition) is 0. The minimum Gasteiger partial charge on any atom is -0.407 e. The zero-order valence-electron chi connectivity index (χ0n) is 17.2. The summed E-state index contributed by atoms with van der Waals surface area (Å²) in [4.78, 5) is 2.36. The van der Waals surface area contributed by atoms with Crippen LogP contribution in [-0.2, 0) is 4.43 Å². The van der Waals surface area contributed by atoms with Gasteiger partial charge in [0.1, 0.15) is 0 Å². The van der Waals surface area contributed by atoms with Crippen molar-refractivity contribution in [1.29, 1.82) is 0 Å². The van der Waals surface area contributed by atoms with Crippen molar-refractivity contribution in [2.24, 2.45) is 0 Å². The maximum Gasteiger partial charge on any atom is 0.261 e. The molecule has 2 nitrogen and oxygen atoms in total. The van der Waals surface area contributed by atoms with Gasteiger partial charge in [0, 0.05) is 6.61 Å². The first kappa shape index (κ1) is 20.9. The van der Waals surface area contributed by atoms with E-state index in [1.807, 2.05) is 0 Å². The van der Waals surface area contributed by atoms with Crippen molar-refractivity contribution < 1.29 is 4.43 Å². The Morgan fingerprint density at radius 1 is 0.846 bits per heavy atom. The zero-order chi connectivity index (χ0) is 19.0. The first-order chi connectivity index (χ1) is 12.4. The molecule has 2 aromatic rings. The number of unbranched alkanes of at least 4 members (excludes halogenated alkanes) is 1. The Bertz CT molecular complexity index is 597. The van der Waals surface area contributed by atoms with Gasteiger partial charge < -0.3 is 9.33 Å². The van der Waals surface area contributed by atoms with Crippen LogP contribution in [0, 0.1) is 0 Å². The molecule has 3 heteroatoms. The number of rotatable bonds is 9. The maximum absolute atomic E-state index is 6.90. The van der Waals surface area contributed by atoms with Crippen LogP contribution in [0.15, 0.2) is 60.7 Å². The van der Waals surface area contributed by atoms with E-state index in [1.54, 1.807) is 0 Å². The molecular formula is C23H35NOSi. The highest BCUT2D eigenvalue weighted by molar-refractivity contribution is 6.99. The Morgan fingerprint density at radius 2 is 1.35 bits per heavy atom. The summed E-state index contributed by atoms with van der Waals surface area (Å²) in [5.74, 6) is 0. The van der Waals surface area contributed by atoms with Crippen molar-refractivity contribution >= 4 is 18.7 Å². The highest BCUT2D eigenvalue weighted by atomic mass is 28.4. The fraction of sp³-hybridized carbons (Fsp3) is 0.478. The number of hydrogen-bond acceptors (Lipinski definition) is 2. The third kappa shape index (κ3) is 4.85. The lowest BCUT2D eigenvalue weighted by Crippen LogP contribution is -2.66. The van der Waals surface area contributed by atoms with Crippen molar-refractivity contribution in [2.75, 3.05) is 26.7 Å². The van der Waals surface area contributed by atoms with E-state index in [1.165, 1.54) is 16.8 Å². The van der Waals surface area contributed by atoms with E-state index in [0.29, 0.717) is 0 Å². The van der Waals surface area contributed by atoms with Gasteiger partial charge in [-0.15, -0.1) is 0 Å². The summed E-state index contributed by atoms with van der Waals surface area (Å²) in [6, 6.07) is 21.8. The maximum atomic E-state index is 6.90. The fourth-order valence-corrected chi connectivity index (χ4v) is 8.23. The van der Waals surface area contributed by atoms with E-state index >= 15 is 0 Å². The monoisotopic (exact) mass is 369 g/mol. The molecule has 2 aromatic carbocycles. The van der Waals surface area contributed by atoms with Crippen molar-refractivity contribution in [2.45, 2.75) is 45.6 Å². The average molecular weight is 370 g/mol. The molecular weight excluding hydrogens is 334 g/mol. The SMILES string of the molecule is CCN(C)CCCCO[Si](c1ccccc1)(c1ccccc1)C(C)(C)C. The molecule has 2 rings (SSSR count). The van der Waals surface area contributed by atoms with E-state index in [9.17, 15) is 0 Å². The third-order valence-electron chi connectivity index (χ3n) is 5.21. The molecule has 0 saturated heterocycles. The van der Waals surface area contributed by atoms with Crippen molar-refractivity contribution in [3.8, 4) is 0 Å². The van der Waals surface area contributed by atoms with E-state index in [4.69, 9.17) is 4.43 Å². The normalized spacial score (nSPS) is 12.5. The second-order valence-corrected chi connectivity index (χ2v) is 12.4. The highest BCUT2D eigenvalue weighted by Gasteiger charge is 2.49. The van der Waals surface area contributed by atoms with E-state index in [0.717, 1.165) is 26.1 Å². The quantitative estimate of drug-likeness (QED) is 0.483. The average Bonchev–Trinajstić information content (AvgIpc) is 2.65. The van der Waals surface area contributed by atoms with Gasteiger partial charge in [-0.1, -0.05) is 88.4 Å². The van der Waals surface area contributed by atoms with Crippen LogP contribution in [0.3, 0.4) is 0 Å². The molecule has 0 heterocycles. The molecule has 0 aliphatic rings. The van der Waals surface area contributed by atoms with Gasteiger partial charge in [-0.2, -0.15) is 0 Å². The standard InChI is InChI=1S/C23H35NOSi/c1-6-24(5)19-13-14-20-25-26(23(2,3)4,21-15-9-7-10-16-21)22-17-11-8-12-18-22/h7-12,15-18H,6,13-14,19-20H2,1-5H3. The zero-order valence-corrected chi connectivity index (χ0v) is 18.2. The molecule has 0 aliphatic carbocycles.